The first kappa shape index (κ1) is 15.5. The monoisotopic (exact) mass is 260 g/mol. The van der Waals surface area contributed by atoms with Gasteiger partial charge in [0.2, 0.25) is 0 Å². The van der Waals surface area contributed by atoms with E-state index in [1.165, 1.54) is 25.7 Å². The van der Waals surface area contributed by atoms with Gasteiger partial charge in [0.15, 0.2) is 6.61 Å². The topological polar surface area (TPSA) is 45.0 Å². The van der Waals surface area contributed by atoms with Gasteiger partial charge in [0.1, 0.15) is 11.8 Å². The van der Waals surface area contributed by atoms with Gasteiger partial charge in [-0.3, -0.25) is 0 Å². The Labute approximate surface area is 116 Å². The molecule has 1 N–H and O–H groups in total. The Hall–Kier alpha value is -1.53. The molecule has 3 heteroatoms. The van der Waals surface area contributed by atoms with Crippen molar-refractivity contribution in [3.63, 3.8) is 0 Å². The van der Waals surface area contributed by atoms with Crippen LogP contribution in [0.3, 0.4) is 0 Å². The number of nitrogens with one attached hydrogen (secondary N) is 1. The number of nitrogens with zero attached hydrogens (tertiary/aromatic N) is 1. The first-order valence-electron chi connectivity index (χ1n) is 7.09. The largest absolute Gasteiger partial charge is 0.478 e. The van der Waals surface area contributed by atoms with E-state index in [0.717, 1.165) is 17.9 Å². The van der Waals surface area contributed by atoms with E-state index >= 15 is 0 Å². The standard InChI is InChI=1S/C16H24N2O/c1-3-4-5-8-14(2)18-13-15-9-6-7-10-16(15)19-12-11-17/h6-7,9-10,14,18H,3-5,8,12-13H2,1-2H3. The number of hydrogen-bond donors (Lipinski definition) is 1. The summed E-state index contributed by atoms with van der Waals surface area (Å²) in [5.74, 6) is 0.803. The van der Waals surface area contributed by atoms with Gasteiger partial charge in [-0.25, -0.2) is 0 Å². The minimum absolute atomic E-state index is 0.100. The van der Waals surface area contributed by atoms with Crippen molar-refractivity contribution < 1.29 is 4.74 Å². The molecule has 0 aliphatic rings. The lowest BCUT2D eigenvalue weighted by atomic mass is 10.1. The number of para-hydroxylation sites is 1. The molecule has 104 valence electrons. The van der Waals surface area contributed by atoms with Crippen LogP contribution in [0.1, 0.15) is 45.1 Å². The molecule has 19 heavy (non-hydrogen) atoms. The van der Waals surface area contributed by atoms with Gasteiger partial charge in [0, 0.05) is 18.2 Å². The molecule has 0 saturated carbocycles. The fraction of sp³-hybridized carbons (Fsp3) is 0.562. The van der Waals surface area contributed by atoms with Gasteiger partial charge in [0.25, 0.3) is 0 Å². The van der Waals surface area contributed by atoms with Crippen molar-refractivity contribution in [2.45, 2.75) is 52.1 Å². The molecule has 0 aliphatic heterocycles. The Morgan fingerprint density at radius 2 is 2.11 bits per heavy atom. The van der Waals surface area contributed by atoms with Crippen LogP contribution >= 0.6 is 0 Å². The van der Waals surface area contributed by atoms with Crippen molar-refractivity contribution in [3.05, 3.63) is 29.8 Å². The van der Waals surface area contributed by atoms with E-state index in [2.05, 4.69) is 19.2 Å². The van der Waals surface area contributed by atoms with Gasteiger partial charge in [0.05, 0.1) is 0 Å². The lowest BCUT2D eigenvalue weighted by Crippen LogP contribution is -2.25. The zero-order chi connectivity index (χ0) is 13.9. The molecule has 0 aromatic heterocycles. The highest BCUT2D eigenvalue weighted by Crippen LogP contribution is 2.18. The average molecular weight is 260 g/mol. The number of hydrogen-bond acceptors (Lipinski definition) is 3. The Balaban J connectivity index is 2.41. The van der Waals surface area contributed by atoms with Crippen LogP contribution in [0.4, 0.5) is 0 Å². The molecule has 0 saturated heterocycles. The van der Waals surface area contributed by atoms with Crippen LogP contribution in [-0.2, 0) is 6.54 Å². The third kappa shape index (κ3) is 6.26. The SMILES string of the molecule is CCCCCC(C)NCc1ccccc1OCC#N. The maximum Gasteiger partial charge on any atom is 0.174 e. The summed E-state index contributed by atoms with van der Waals surface area (Å²) >= 11 is 0. The molecular formula is C16H24N2O. The average Bonchev–Trinajstić information content (AvgIpc) is 2.44. The second kappa shape index (κ2) is 9.41. The van der Waals surface area contributed by atoms with E-state index in [1.807, 2.05) is 30.3 Å². The Bertz CT molecular complexity index is 398. The molecular weight excluding hydrogens is 236 g/mol. The first-order valence-corrected chi connectivity index (χ1v) is 7.09. The second-order valence-corrected chi connectivity index (χ2v) is 4.83. The molecule has 0 aliphatic carbocycles. The molecule has 0 spiro atoms. The summed E-state index contributed by atoms with van der Waals surface area (Å²) in [4.78, 5) is 0. The summed E-state index contributed by atoms with van der Waals surface area (Å²) in [5.41, 5.74) is 1.11. The van der Waals surface area contributed by atoms with Crippen LogP contribution in [0.15, 0.2) is 24.3 Å². The summed E-state index contributed by atoms with van der Waals surface area (Å²) in [6.07, 6.45) is 5.04. The molecule has 1 aromatic carbocycles. The predicted octanol–water partition coefficient (Wildman–Crippen LogP) is 3.65. The van der Waals surface area contributed by atoms with E-state index in [9.17, 15) is 0 Å². The van der Waals surface area contributed by atoms with Crippen molar-refractivity contribution in [1.29, 1.82) is 5.26 Å². The fourth-order valence-corrected chi connectivity index (χ4v) is 1.99. The van der Waals surface area contributed by atoms with E-state index in [0.29, 0.717) is 6.04 Å². The van der Waals surface area contributed by atoms with E-state index < -0.39 is 0 Å². The van der Waals surface area contributed by atoms with Crippen molar-refractivity contribution in [1.82, 2.24) is 5.32 Å². The van der Waals surface area contributed by atoms with Crippen LogP contribution in [0.25, 0.3) is 0 Å². The van der Waals surface area contributed by atoms with Gasteiger partial charge in [-0.05, 0) is 19.4 Å². The first-order chi connectivity index (χ1) is 9.27. The fourth-order valence-electron chi connectivity index (χ4n) is 1.99. The molecule has 1 atom stereocenters. The third-order valence-electron chi connectivity index (χ3n) is 3.15. The van der Waals surface area contributed by atoms with E-state index in [1.54, 1.807) is 0 Å². The smallest absolute Gasteiger partial charge is 0.174 e. The summed E-state index contributed by atoms with van der Waals surface area (Å²) in [7, 11) is 0. The number of rotatable bonds is 9. The van der Waals surface area contributed by atoms with Gasteiger partial charge in [-0.2, -0.15) is 5.26 Å². The highest BCUT2D eigenvalue weighted by Gasteiger charge is 2.05. The number of benzene rings is 1. The maximum absolute atomic E-state index is 8.57. The Morgan fingerprint density at radius 1 is 1.32 bits per heavy atom. The van der Waals surface area contributed by atoms with Crippen molar-refractivity contribution >= 4 is 0 Å². The number of nitriles is 1. The maximum atomic E-state index is 8.57. The van der Waals surface area contributed by atoms with Gasteiger partial charge in [-0.15, -0.1) is 0 Å². The third-order valence-corrected chi connectivity index (χ3v) is 3.15. The van der Waals surface area contributed by atoms with Crippen LogP contribution in [0, 0.1) is 11.3 Å². The molecule has 3 nitrogen and oxygen atoms in total. The van der Waals surface area contributed by atoms with Crippen LogP contribution in [0.5, 0.6) is 5.75 Å². The lowest BCUT2D eigenvalue weighted by molar-refractivity contribution is 0.361. The summed E-state index contributed by atoms with van der Waals surface area (Å²) in [5, 5.41) is 12.1. The van der Waals surface area contributed by atoms with Crippen molar-refractivity contribution in [3.8, 4) is 11.8 Å². The highest BCUT2D eigenvalue weighted by molar-refractivity contribution is 5.33. The van der Waals surface area contributed by atoms with Gasteiger partial charge < -0.3 is 10.1 Å². The van der Waals surface area contributed by atoms with E-state index in [4.69, 9.17) is 10.00 Å². The quantitative estimate of drug-likeness (QED) is 0.689. The lowest BCUT2D eigenvalue weighted by Gasteiger charge is -2.15. The number of unbranched alkanes of at least 4 members (excludes halogenated alkanes) is 2. The molecule has 0 bridgehead atoms. The molecule has 0 radical (unpaired) electrons. The normalized spacial score (nSPS) is 11.8. The minimum Gasteiger partial charge on any atom is -0.478 e. The summed E-state index contributed by atoms with van der Waals surface area (Å²) in [6.45, 7) is 5.33. The number of ether oxygens (including phenoxy) is 1. The highest BCUT2D eigenvalue weighted by atomic mass is 16.5. The van der Waals surface area contributed by atoms with Crippen LogP contribution < -0.4 is 10.1 Å². The summed E-state index contributed by atoms with van der Waals surface area (Å²) < 4.78 is 5.42. The van der Waals surface area contributed by atoms with Crippen LogP contribution in [-0.4, -0.2) is 12.6 Å². The zero-order valence-corrected chi connectivity index (χ0v) is 12.0. The molecule has 0 fully saturated rings. The summed E-state index contributed by atoms with van der Waals surface area (Å²) in [6, 6.07) is 10.4. The molecule has 0 heterocycles. The molecule has 0 amide bonds. The predicted molar refractivity (Wildman–Crippen MR) is 78.0 cm³/mol. The van der Waals surface area contributed by atoms with Crippen molar-refractivity contribution in [2.24, 2.45) is 0 Å². The molecule has 1 aromatic rings. The van der Waals surface area contributed by atoms with Gasteiger partial charge in [-0.1, -0.05) is 44.4 Å². The van der Waals surface area contributed by atoms with Crippen molar-refractivity contribution in [2.75, 3.05) is 6.61 Å². The van der Waals surface area contributed by atoms with Crippen LogP contribution in [0.2, 0.25) is 0 Å². The Morgan fingerprint density at radius 3 is 2.84 bits per heavy atom. The Kier molecular flexibility index (Phi) is 7.69. The molecule has 1 unspecified atom stereocenters. The second-order valence-electron chi connectivity index (χ2n) is 4.83. The molecule has 1 rings (SSSR count). The van der Waals surface area contributed by atoms with Gasteiger partial charge >= 0.3 is 0 Å². The van der Waals surface area contributed by atoms with E-state index in [-0.39, 0.29) is 6.61 Å². The zero-order valence-electron chi connectivity index (χ0n) is 12.0. The minimum atomic E-state index is 0.100.